The van der Waals surface area contributed by atoms with Crippen molar-refractivity contribution in [3.63, 3.8) is 0 Å². The van der Waals surface area contributed by atoms with Gasteiger partial charge >= 0.3 is 0 Å². The van der Waals surface area contributed by atoms with Crippen molar-refractivity contribution in [1.29, 1.82) is 0 Å². The topological polar surface area (TPSA) is 71.2 Å². The third kappa shape index (κ3) is 2.70. The molecule has 0 aromatic carbocycles. The van der Waals surface area contributed by atoms with Crippen molar-refractivity contribution in [3.05, 3.63) is 34.2 Å². The lowest BCUT2D eigenvalue weighted by molar-refractivity contribution is 0.0853. The fourth-order valence-corrected chi connectivity index (χ4v) is 1.69. The zero-order valence-electron chi connectivity index (χ0n) is 8.86. The number of aromatic nitrogens is 1. The Morgan fingerprint density at radius 2 is 2.44 bits per heavy atom. The lowest BCUT2D eigenvalue weighted by Crippen LogP contribution is -2.33. The molecule has 1 atom stereocenters. The van der Waals surface area contributed by atoms with Gasteiger partial charge in [0, 0.05) is 19.2 Å². The van der Waals surface area contributed by atoms with E-state index in [9.17, 15) is 9.59 Å². The number of carbonyl (C=O) groups is 1. The second-order valence-corrected chi connectivity index (χ2v) is 3.77. The predicted octanol–water partition coefficient (Wildman–Crippen LogP) is 0.284. The molecule has 0 spiro atoms. The van der Waals surface area contributed by atoms with Crippen molar-refractivity contribution in [2.24, 2.45) is 0 Å². The smallest absolute Gasteiger partial charge is 0.267 e. The van der Waals surface area contributed by atoms with Crippen LogP contribution in [0.1, 0.15) is 23.3 Å². The number of aromatic amines is 1. The van der Waals surface area contributed by atoms with Gasteiger partial charge in [0.05, 0.1) is 6.10 Å². The Kier molecular flexibility index (Phi) is 3.36. The summed E-state index contributed by atoms with van der Waals surface area (Å²) >= 11 is 0. The van der Waals surface area contributed by atoms with Gasteiger partial charge in [0.25, 0.3) is 5.91 Å². The molecule has 0 saturated carbocycles. The minimum Gasteiger partial charge on any atom is -0.376 e. The second kappa shape index (κ2) is 4.94. The number of rotatable bonds is 3. The van der Waals surface area contributed by atoms with Gasteiger partial charge in [-0.05, 0) is 18.9 Å². The van der Waals surface area contributed by atoms with Gasteiger partial charge in [-0.25, -0.2) is 0 Å². The molecule has 16 heavy (non-hydrogen) atoms. The standard InChI is InChI=1S/C11H14N2O3/c14-10-5-1-4-9(13-10)11(15)12-7-8-3-2-6-16-8/h1,4-5,8H,2-3,6-7H2,(H,12,15)(H,13,14). The van der Waals surface area contributed by atoms with Crippen LogP contribution in [-0.2, 0) is 4.74 Å². The number of hydrogen-bond acceptors (Lipinski definition) is 3. The molecule has 5 heteroatoms. The fourth-order valence-electron chi connectivity index (χ4n) is 1.69. The summed E-state index contributed by atoms with van der Waals surface area (Å²) < 4.78 is 5.38. The van der Waals surface area contributed by atoms with Crippen LogP contribution >= 0.6 is 0 Å². The number of amides is 1. The van der Waals surface area contributed by atoms with Crippen LogP contribution in [0.15, 0.2) is 23.0 Å². The number of hydrogen-bond donors (Lipinski definition) is 2. The van der Waals surface area contributed by atoms with Crippen LogP contribution in [0.5, 0.6) is 0 Å². The largest absolute Gasteiger partial charge is 0.376 e. The maximum absolute atomic E-state index is 11.6. The van der Waals surface area contributed by atoms with E-state index in [-0.39, 0.29) is 23.3 Å². The van der Waals surface area contributed by atoms with E-state index in [1.807, 2.05) is 0 Å². The second-order valence-electron chi connectivity index (χ2n) is 3.77. The molecule has 5 nitrogen and oxygen atoms in total. The third-order valence-corrected chi connectivity index (χ3v) is 2.53. The Hall–Kier alpha value is -1.62. The normalized spacial score (nSPS) is 19.6. The SMILES string of the molecule is O=C(NCC1CCCO1)c1cccc(=O)[nH]1. The average Bonchev–Trinajstić information content (AvgIpc) is 2.78. The Labute approximate surface area is 92.8 Å². The Morgan fingerprint density at radius 1 is 1.56 bits per heavy atom. The van der Waals surface area contributed by atoms with E-state index in [0.717, 1.165) is 19.4 Å². The number of carbonyl (C=O) groups excluding carboxylic acids is 1. The maximum Gasteiger partial charge on any atom is 0.267 e. The summed E-state index contributed by atoms with van der Waals surface area (Å²) in [7, 11) is 0. The van der Waals surface area contributed by atoms with Crippen LogP contribution in [-0.4, -0.2) is 30.1 Å². The fraction of sp³-hybridized carbons (Fsp3) is 0.455. The van der Waals surface area contributed by atoms with Crippen LogP contribution in [0.3, 0.4) is 0 Å². The summed E-state index contributed by atoms with van der Waals surface area (Å²) in [4.78, 5) is 25.1. The van der Waals surface area contributed by atoms with Crippen LogP contribution in [0, 0.1) is 0 Å². The minimum atomic E-state index is -0.273. The number of H-pyrrole nitrogens is 1. The van der Waals surface area contributed by atoms with Crippen LogP contribution < -0.4 is 10.9 Å². The molecule has 1 aromatic rings. The lowest BCUT2D eigenvalue weighted by atomic mass is 10.2. The zero-order valence-corrected chi connectivity index (χ0v) is 8.86. The van der Waals surface area contributed by atoms with Crippen molar-refractivity contribution in [1.82, 2.24) is 10.3 Å². The first-order valence-electron chi connectivity index (χ1n) is 5.35. The minimum absolute atomic E-state index is 0.111. The number of nitrogens with one attached hydrogen (secondary N) is 2. The van der Waals surface area contributed by atoms with E-state index in [0.29, 0.717) is 6.54 Å². The monoisotopic (exact) mass is 222 g/mol. The highest BCUT2D eigenvalue weighted by molar-refractivity contribution is 5.92. The first-order valence-corrected chi connectivity index (χ1v) is 5.35. The number of pyridine rings is 1. The highest BCUT2D eigenvalue weighted by Gasteiger charge is 2.16. The molecule has 1 unspecified atom stereocenters. The summed E-state index contributed by atoms with van der Waals surface area (Å²) in [5.41, 5.74) is 0.00950. The van der Waals surface area contributed by atoms with E-state index in [1.54, 1.807) is 12.1 Å². The number of ether oxygens (including phenoxy) is 1. The van der Waals surface area contributed by atoms with Gasteiger partial charge in [-0.2, -0.15) is 0 Å². The molecule has 0 aliphatic carbocycles. The quantitative estimate of drug-likeness (QED) is 0.771. The molecule has 1 aromatic heterocycles. The average molecular weight is 222 g/mol. The summed E-state index contributed by atoms with van der Waals surface area (Å²) in [6.45, 7) is 1.26. The zero-order chi connectivity index (χ0) is 11.4. The predicted molar refractivity (Wildman–Crippen MR) is 58.4 cm³/mol. The molecule has 1 aliphatic rings. The molecule has 1 fully saturated rings. The van der Waals surface area contributed by atoms with Gasteiger partial charge in [-0.3, -0.25) is 9.59 Å². The molecule has 86 valence electrons. The molecule has 0 radical (unpaired) electrons. The van der Waals surface area contributed by atoms with Crippen molar-refractivity contribution < 1.29 is 9.53 Å². The van der Waals surface area contributed by atoms with Gasteiger partial charge < -0.3 is 15.0 Å². The van der Waals surface area contributed by atoms with Crippen molar-refractivity contribution >= 4 is 5.91 Å². The molecule has 2 rings (SSSR count). The lowest BCUT2D eigenvalue weighted by Gasteiger charge is -2.10. The highest BCUT2D eigenvalue weighted by atomic mass is 16.5. The maximum atomic E-state index is 11.6. The van der Waals surface area contributed by atoms with Gasteiger partial charge in [0.15, 0.2) is 0 Å². The van der Waals surface area contributed by atoms with E-state index >= 15 is 0 Å². The van der Waals surface area contributed by atoms with Gasteiger partial charge in [-0.15, -0.1) is 0 Å². The van der Waals surface area contributed by atoms with Gasteiger partial charge in [0.1, 0.15) is 5.69 Å². The first-order chi connectivity index (χ1) is 7.75. The molecule has 1 aliphatic heterocycles. The molecular formula is C11H14N2O3. The molecule has 2 heterocycles. The molecule has 0 bridgehead atoms. The van der Waals surface area contributed by atoms with Crippen molar-refractivity contribution in [3.8, 4) is 0 Å². The first kappa shape index (κ1) is 10.9. The summed E-state index contributed by atoms with van der Waals surface area (Å²) in [6.07, 6.45) is 2.13. The van der Waals surface area contributed by atoms with Crippen molar-refractivity contribution in [2.45, 2.75) is 18.9 Å². The molecule has 2 N–H and O–H groups in total. The van der Waals surface area contributed by atoms with Crippen LogP contribution in [0.25, 0.3) is 0 Å². The molecular weight excluding hydrogens is 208 g/mol. The van der Waals surface area contributed by atoms with E-state index < -0.39 is 0 Å². The van der Waals surface area contributed by atoms with Gasteiger partial charge in [-0.1, -0.05) is 6.07 Å². The summed E-state index contributed by atoms with van der Waals surface area (Å²) in [5, 5.41) is 2.73. The Balaban J connectivity index is 1.90. The van der Waals surface area contributed by atoms with E-state index in [1.165, 1.54) is 6.07 Å². The highest BCUT2D eigenvalue weighted by Crippen LogP contribution is 2.10. The third-order valence-electron chi connectivity index (χ3n) is 2.53. The molecule has 1 saturated heterocycles. The van der Waals surface area contributed by atoms with Crippen molar-refractivity contribution in [2.75, 3.05) is 13.2 Å². The molecule has 1 amide bonds. The van der Waals surface area contributed by atoms with Crippen LogP contribution in [0.4, 0.5) is 0 Å². The van der Waals surface area contributed by atoms with E-state index in [4.69, 9.17) is 4.74 Å². The van der Waals surface area contributed by atoms with E-state index in [2.05, 4.69) is 10.3 Å². The summed E-state index contributed by atoms with van der Waals surface area (Å²) in [6, 6.07) is 4.50. The Morgan fingerprint density at radius 3 is 3.12 bits per heavy atom. The Bertz CT molecular complexity index is 421. The van der Waals surface area contributed by atoms with Gasteiger partial charge in [0.2, 0.25) is 5.56 Å². The summed E-state index contributed by atoms with van der Waals surface area (Å²) in [5.74, 6) is -0.270. The van der Waals surface area contributed by atoms with Crippen LogP contribution in [0.2, 0.25) is 0 Å².